The third-order valence-electron chi connectivity index (χ3n) is 3.88. The summed E-state index contributed by atoms with van der Waals surface area (Å²) in [5, 5.41) is 3.45. The van der Waals surface area contributed by atoms with E-state index >= 15 is 0 Å². The largest absolute Gasteiger partial charge is 0.484 e. The lowest BCUT2D eigenvalue weighted by Gasteiger charge is -2.13. The maximum Gasteiger partial charge on any atom is 0.338 e. The zero-order valence-corrected chi connectivity index (χ0v) is 16.1. The third kappa shape index (κ3) is 4.76. The number of benzene rings is 2. The van der Waals surface area contributed by atoms with E-state index in [1.165, 1.54) is 0 Å². The Morgan fingerprint density at radius 3 is 2.38 bits per heavy atom. The van der Waals surface area contributed by atoms with Crippen LogP contribution in [0.1, 0.15) is 34.0 Å². The number of esters is 1. The number of hydrogen-bond donors (Lipinski definition) is 1. The minimum Gasteiger partial charge on any atom is -0.484 e. The van der Waals surface area contributed by atoms with Crippen molar-refractivity contribution in [1.29, 1.82) is 0 Å². The van der Waals surface area contributed by atoms with E-state index in [4.69, 9.17) is 21.1 Å². The zero-order valence-electron chi connectivity index (χ0n) is 15.3. The van der Waals surface area contributed by atoms with Crippen molar-refractivity contribution in [1.82, 2.24) is 0 Å². The highest BCUT2D eigenvalue weighted by Crippen LogP contribution is 2.26. The van der Waals surface area contributed by atoms with Crippen molar-refractivity contribution in [3.63, 3.8) is 0 Å². The molecule has 0 heterocycles. The van der Waals surface area contributed by atoms with Gasteiger partial charge in [-0.3, -0.25) is 4.79 Å². The fourth-order valence-corrected chi connectivity index (χ4v) is 2.63. The number of hydrogen-bond acceptors (Lipinski definition) is 4. The van der Waals surface area contributed by atoms with Gasteiger partial charge in [0.2, 0.25) is 0 Å². The van der Waals surface area contributed by atoms with Gasteiger partial charge >= 0.3 is 5.97 Å². The lowest BCUT2D eigenvalue weighted by atomic mass is 10.1. The van der Waals surface area contributed by atoms with Crippen molar-refractivity contribution in [2.24, 2.45) is 0 Å². The summed E-state index contributed by atoms with van der Waals surface area (Å²) >= 11 is 6.13. The monoisotopic (exact) mass is 375 g/mol. The van der Waals surface area contributed by atoms with Gasteiger partial charge in [0.1, 0.15) is 5.75 Å². The van der Waals surface area contributed by atoms with Crippen LogP contribution in [0.15, 0.2) is 30.3 Å². The van der Waals surface area contributed by atoms with E-state index in [0.717, 1.165) is 11.1 Å². The molecule has 1 N–H and O–H groups in total. The average Bonchev–Trinajstić information content (AvgIpc) is 2.59. The molecule has 0 bridgehead atoms. The molecule has 0 spiro atoms. The minimum atomic E-state index is -0.413. The molecule has 0 saturated carbocycles. The van der Waals surface area contributed by atoms with Crippen molar-refractivity contribution >= 4 is 29.2 Å². The molecule has 2 rings (SSSR count). The fraction of sp³-hybridized carbons (Fsp3) is 0.300. The Hall–Kier alpha value is -2.53. The second kappa shape index (κ2) is 8.72. The van der Waals surface area contributed by atoms with Crippen molar-refractivity contribution in [3.05, 3.63) is 57.6 Å². The normalized spacial score (nSPS) is 10.3. The Morgan fingerprint density at radius 2 is 1.77 bits per heavy atom. The number of carbonyl (C=O) groups excluding carboxylic acids is 2. The lowest BCUT2D eigenvalue weighted by Crippen LogP contribution is -2.21. The number of rotatable bonds is 6. The number of halogens is 1. The van der Waals surface area contributed by atoms with E-state index in [1.54, 1.807) is 44.2 Å². The molecule has 0 fully saturated rings. The highest BCUT2D eigenvalue weighted by Gasteiger charge is 2.14. The van der Waals surface area contributed by atoms with Crippen LogP contribution in [0.3, 0.4) is 0 Å². The summed E-state index contributed by atoms with van der Waals surface area (Å²) in [6.45, 7) is 7.41. The summed E-state index contributed by atoms with van der Waals surface area (Å²) in [5.41, 5.74) is 3.40. The van der Waals surface area contributed by atoms with Crippen molar-refractivity contribution in [2.45, 2.75) is 27.7 Å². The summed E-state index contributed by atoms with van der Waals surface area (Å²) in [5.74, 6) is -0.152. The second-order valence-electron chi connectivity index (χ2n) is 5.91. The van der Waals surface area contributed by atoms with Crippen molar-refractivity contribution in [3.8, 4) is 5.75 Å². The van der Waals surface area contributed by atoms with Crippen LogP contribution in [0, 0.1) is 20.8 Å². The van der Waals surface area contributed by atoms with Crippen LogP contribution in [0.4, 0.5) is 5.69 Å². The molecule has 2 aromatic rings. The molecule has 5 nitrogen and oxygen atoms in total. The van der Waals surface area contributed by atoms with Crippen molar-refractivity contribution in [2.75, 3.05) is 18.5 Å². The van der Waals surface area contributed by atoms with E-state index in [1.807, 2.05) is 13.8 Å². The SMILES string of the molecule is CCOC(=O)c1cccc(NC(=O)COc2cc(C)c(Cl)c(C)c2)c1C. The number of carbonyl (C=O) groups is 2. The lowest BCUT2D eigenvalue weighted by molar-refractivity contribution is -0.118. The smallest absolute Gasteiger partial charge is 0.338 e. The highest BCUT2D eigenvalue weighted by atomic mass is 35.5. The van der Waals surface area contributed by atoms with Gasteiger partial charge in [-0.05, 0) is 68.7 Å². The molecule has 26 heavy (non-hydrogen) atoms. The van der Waals surface area contributed by atoms with Crippen LogP contribution in [0.25, 0.3) is 0 Å². The van der Waals surface area contributed by atoms with Gasteiger partial charge in [-0.2, -0.15) is 0 Å². The zero-order chi connectivity index (χ0) is 19.3. The molecule has 0 aliphatic carbocycles. The summed E-state index contributed by atoms with van der Waals surface area (Å²) in [7, 11) is 0. The first-order chi connectivity index (χ1) is 12.3. The van der Waals surface area contributed by atoms with Gasteiger partial charge in [0.25, 0.3) is 5.91 Å². The molecule has 0 unspecified atom stereocenters. The first-order valence-electron chi connectivity index (χ1n) is 8.29. The second-order valence-corrected chi connectivity index (χ2v) is 6.28. The summed E-state index contributed by atoms with van der Waals surface area (Å²) in [6.07, 6.45) is 0. The van der Waals surface area contributed by atoms with Crippen LogP contribution < -0.4 is 10.1 Å². The summed E-state index contributed by atoms with van der Waals surface area (Å²) in [4.78, 5) is 24.1. The number of anilines is 1. The number of ether oxygens (including phenoxy) is 2. The van der Waals surface area contributed by atoms with Crippen LogP contribution in [0.5, 0.6) is 5.75 Å². The van der Waals surface area contributed by atoms with Gasteiger partial charge in [0, 0.05) is 10.7 Å². The van der Waals surface area contributed by atoms with E-state index in [9.17, 15) is 9.59 Å². The van der Waals surface area contributed by atoms with E-state index < -0.39 is 5.97 Å². The molecular weight excluding hydrogens is 354 g/mol. The Morgan fingerprint density at radius 1 is 1.12 bits per heavy atom. The van der Waals surface area contributed by atoms with Crippen LogP contribution in [-0.2, 0) is 9.53 Å². The fourth-order valence-electron chi connectivity index (χ4n) is 2.53. The molecule has 0 aromatic heterocycles. The van der Waals surface area contributed by atoms with E-state index in [2.05, 4.69) is 5.32 Å². The van der Waals surface area contributed by atoms with E-state index in [-0.39, 0.29) is 12.5 Å². The van der Waals surface area contributed by atoms with E-state index in [0.29, 0.717) is 34.2 Å². The minimum absolute atomic E-state index is 0.149. The quantitative estimate of drug-likeness (QED) is 0.757. The van der Waals surface area contributed by atoms with Gasteiger partial charge in [0.05, 0.1) is 12.2 Å². The molecular formula is C20H22ClNO4. The first-order valence-corrected chi connectivity index (χ1v) is 8.67. The maximum atomic E-state index is 12.2. The Kier molecular flexibility index (Phi) is 6.64. The predicted octanol–water partition coefficient (Wildman–Crippen LogP) is 4.46. The molecule has 0 saturated heterocycles. The van der Waals surface area contributed by atoms with Crippen LogP contribution in [-0.4, -0.2) is 25.1 Å². The standard InChI is InChI=1S/C20H22ClNO4/c1-5-25-20(24)16-7-6-8-17(14(16)4)22-18(23)11-26-15-9-12(2)19(21)13(3)10-15/h6-10H,5,11H2,1-4H3,(H,22,23). The number of nitrogens with one attached hydrogen (secondary N) is 1. The molecule has 2 aromatic carbocycles. The van der Waals surface area contributed by atoms with Gasteiger partial charge in [-0.15, -0.1) is 0 Å². The first kappa shape index (κ1) is 19.8. The predicted molar refractivity (Wildman–Crippen MR) is 102 cm³/mol. The Balaban J connectivity index is 2.04. The summed E-state index contributed by atoms with van der Waals surface area (Å²) in [6, 6.07) is 8.66. The Bertz CT molecular complexity index is 810. The van der Waals surface area contributed by atoms with Crippen molar-refractivity contribution < 1.29 is 19.1 Å². The average molecular weight is 376 g/mol. The van der Waals surface area contributed by atoms with Gasteiger partial charge in [-0.1, -0.05) is 17.7 Å². The summed E-state index contributed by atoms with van der Waals surface area (Å²) < 4.78 is 10.6. The van der Waals surface area contributed by atoms with Gasteiger partial charge < -0.3 is 14.8 Å². The highest BCUT2D eigenvalue weighted by molar-refractivity contribution is 6.32. The number of amides is 1. The van der Waals surface area contributed by atoms with Crippen LogP contribution in [0.2, 0.25) is 5.02 Å². The molecule has 138 valence electrons. The topological polar surface area (TPSA) is 64.6 Å². The molecule has 0 atom stereocenters. The molecule has 0 radical (unpaired) electrons. The van der Waals surface area contributed by atoms with Gasteiger partial charge in [0.15, 0.2) is 6.61 Å². The molecule has 0 aliphatic rings. The third-order valence-corrected chi connectivity index (χ3v) is 4.48. The molecule has 6 heteroatoms. The number of aryl methyl sites for hydroxylation is 2. The molecule has 0 aliphatic heterocycles. The van der Waals surface area contributed by atoms with Crippen LogP contribution >= 0.6 is 11.6 Å². The Labute approximate surface area is 158 Å². The van der Waals surface area contributed by atoms with Gasteiger partial charge in [-0.25, -0.2) is 4.79 Å². The maximum absolute atomic E-state index is 12.2. The molecule has 1 amide bonds.